The molecule has 2 aromatic carbocycles. The normalized spacial score (nSPS) is 17.8. The van der Waals surface area contributed by atoms with Crippen molar-refractivity contribution < 1.29 is 4.79 Å². The van der Waals surface area contributed by atoms with Crippen molar-refractivity contribution in [3.05, 3.63) is 64.3 Å². The molecule has 0 atom stereocenters. The maximum Gasteiger partial charge on any atom is 0.265 e. The summed E-state index contributed by atoms with van der Waals surface area (Å²) in [5, 5.41) is 4.09. The molecular formula is C26H29Cl2N7O. The SMILES string of the molecule is CN1CN(c2c(Cl)cccc2Cl)C(=O)c2cnc(Nc3ccc(N4CCN(C)C(C)(C)C4)cc3)nc21. The van der Waals surface area contributed by atoms with Gasteiger partial charge in [0.2, 0.25) is 5.95 Å². The third-order valence-electron chi connectivity index (χ3n) is 6.97. The number of fused-ring (bicyclic) bond motifs is 1. The van der Waals surface area contributed by atoms with E-state index in [9.17, 15) is 4.79 Å². The van der Waals surface area contributed by atoms with Crippen molar-refractivity contribution in [2.45, 2.75) is 19.4 Å². The predicted molar refractivity (Wildman–Crippen MR) is 147 cm³/mol. The Morgan fingerprint density at radius 3 is 2.36 bits per heavy atom. The highest BCUT2D eigenvalue weighted by molar-refractivity contribution is 6.40. The van der Waals surface area contributed by atoms with Crippen molar-refractivity contribution in [2.75, 3.05) is 60.4 Å². The summed E-state index contributed by atoms with van der Waals surface area (Å²) in [4.78, 5) is 30.5. The largest absolute Gasteiger partial charge is 0.368 e. The number of piperazine rings is 1. The second-order valence-electron chi connectivity index (χ2n) is 9.90. The summed E-state index contributed by atoms with van der Waals surface area (Å²) in [7, 11) is 4.05. The van der Waals surface area contributed by atoms with Crippen LogP contribution in [0.3, 0.4) is 0 Å². The molecule has 1 N–H and O–H groups in total. The van der Waals surface area contributed by atoms with Gasteiger partial charge in [-0.3, -0.25) is 14.6 Å². The van der Waals surface area contributed by atoms with Gasteiger partial charge in [-0.1, -0.05) is 29.3 Å². The minimum absolute atomic E-state index is 0.127. The first-order valence-electron chi connectivity index (χ1n) is 11.8. The third-order valence-corrected chi connectivity index (χ3v) is 7.58. The first-order chi connectivity index (χ1) is 17.1. The highest BCUT2D eigenvalue weighted by Crippen LogP contribution is 2.37. The number of hydrogen-bond donors (Lipinski definition) is 1. The van der Waals surface area contributed by atoms with Gasteiger partial charge in [-0.15, -0.1) is 0 Å². The monoisotopic (exact) mass is 525 g/mol. The second-order valence-corrected chi connectivity index (χ2v) is 10.7. The molecule has 0 unspecified atom stereocenters. The van der Waals surface area contributed by atoms with Crippen LogP contribution in [0.5, 0.6) is 0 Å². The molecule has 2 aliphatic rings. The molecule has 10 heteroatoms. The van der Waals surface area contributed by atoms with E-state index in [0.29, 0.717) is 33.1 Å². The van der Waals surface area contributed by atoms with Crippen LogP contribution in [0.4, 0.5) is 28.8 Å². The smallest absolute Gasteiger partial charge is 0.265 e. The van der Waals surface area contributed by atoms with Crippen molar-refractivity contribution >= 4 is 57.9 Å². The summed E-state index contributed by atoms with van der Waals surface area (Å²) in [6.07, 6.45) is 1.54. The molecule has 2 aliphatic heterocycles. The van der Waals surface area contributed by atoms with Crippen LogP contribution in [-0.4, -0.2) is 66.7 Å². The van der Waals surface area contributed by atoms with E-state index in [0.717, 1.165) is 25.3 Å². The van der Waals surface area contributed by atoms with Crippen molar-refractivity contribution in [3.8, 4) is 0 Å². The van der Waals surface area contributed by atoms with Gasteiger partial charge in [0.1, 0.15) is 11.4 Å². The molecular weight excluding hydrogens is 497 g/mol. The predicted octanol–water partition coefficient (Wildman–Crippen LogP) is 5.11. The number of rotatable bonds is 4. The van der Waals surface area contributed by atoms with E-state index in [-0.39, 0.29) is 18.1 Å². The zero-order valence-electron chi connectivity index (χ0n) is 20.8. The molecule has 1 amide bonds. The Morgan fingerprint density at radius 2 is 1.69 bits per heavy atom. The maximum absolute atomic E-state index is 13.3. The average Bonchev–Trinajstić information content (AvgIpc) is 2.84. The number of benzene rings is 2. The Hall–Kier alpha value is -3.07. The molecule has 0 bridgehead atoms. The molecule has 5 rings (SSSR count). The molecule has 1 saturated heterocycles. The maximum atomic E-state index is 13.3. The molecule has 8 nitrogen and oxygen atoms in total. The van der Waals surface area contributed by atoms with Crippen LogP contribution in [0, 0.1) is 0 Å². The number of para-hydroxylation sites is 1. The molecule has 3 heterocycles. The molecule has 36 heavy (non-hydrogen) atoms. The van der Waals surface area contributed by atoms with E-state index >= 15 is 0 Å². The minimum Gasteiger partial charge on any atom is -0.368 e. The summed E-state index contributed by atoms with van der Waals surface area (Å²) in [6, 6.07) is 13.5. The lowest BCUT2D eigenvalue weighted by Gasteiger charge is -2.46. The summed E-state index contributed by atoms with van der Waals surface area (Å²) < 4.78 is 0. The molecule has 0 spiro atoms. The standard InChI is InChI=1S/C26H29Cl2N7O/c1-26(2)15-34(13-12-33(26)4)18-10-8-17(9-11-18)30-25-29-14-19-23(31-25)32(3)16-35(24(19)36)22-20(27)6-5-7-21(22)28/h5-11,14H,12-13,15-16H2,1-4H3,(H,29,30,31). The van der Waals surface area contributed by atoms with Crippen LogP contribution in [0.2, 0.25) is 10.0 Å². The number of nitrogens with one attached hydrogen (secondary N) is 1. The molecule has 0 radical (unpaired) electrons. The zero-order valence-corrected chi connectivity index (χ0v) is 22.3. The van der Waals surface area contributed by atoms with Gasteiger partial charge in [0.15, 0.2) is 0 Å². The van der Waals surface area contributed by atoms with Crippen LogP contribution in [0.25, 0.3) is 0 Å². The fourth-order valence-electron chi connectivity index (χ4n) is 4.63. The van der Waals surface area contributed by atoms with Gasteiger partial charge in [0.25, 0.3) is 5.91 Å². The average molecular weight is 526 g/mol. The van der Waals surface area contributed by atoms with Gasteiger partial charge in [0.05, 0.1) is 22.4 Å². The lowest BCUT2D eigenvalue weighted by atomic mass is 9.99. The number of aromatic nitrogens is 2. The number of carbonyl (C=O) groups is 1. The Labute approximate surface area is 221 Å². The van der Waals surface area contributed by atoms with E-state index in [4.69, 9.17) is 23.2 Å². The zero-order chi connectivity index (χ0) is 25.6. The van der Waals surface area contributed by atoms with Gasteiger partial charge in [-0.05, 0) is 57.3 Å². The highest BCUT2D eigenvalue weighted by Gasteiger charge is 2.33. The molecule has 188 valence electrons. The number of hydrogen-bond acceptors (Lipinski definition) is 7. The van der Waals surface area contributed by atoms with Crippen molar-refractivity contribution in [2.24, 2.45) is 0 Å². The molecule has 0 aliphatic carbocycles. The van der Waals surface area contributed by atoms with Crippen molar-refractivity contribution in [3.63, 3.8) is 0 Å². The molecule has 0 saturated carbocycles. The molecule has 1 fully saturated rings. The van der Waals surface area contributed by atoms with Crippen LogP contribution in [0.15, 0.2) is 48.7 Å². The van der Waals surface area contributed by atoms with Gasteiger partial charge >= 0.3 is 0 Å². The lowest BCUT2D eigenvalue weighted by Crippen LogP contribution is -2.57. The van der Waals surface area contributed by atoms with Gasteiger partial charge in [-0.2, -0.15) is 4.98 Å². The number of carbonyl (C=O) groups excluding carboxylic acids is 1. The first kappa shape index (κ1) is 24.6. The number of halogens is 2. The number of amides is 1. The molecule has 3 aromatic rings. The van der Waals surface area contributed by atoms with Gasteiger partial charge < -0.3 is 15.1 Å². The van der Waals surface area contributed by atoms with Crippen molar-refractivity contribution in [1.82, 2.24) is 14.9 Å². The van der Waals surface area contributed by atoms with Crippen LogP contribution in [0.1, 0.15) is 24.2 Å². The van der Waals surface area contributed by atoms with E-state index in [2.05, 4.69) is 58.1 Å². The van der Waals surface area contributed by atoms with Crippen LogP contribution >= 0.6 is 23.2 Å². The van der Waals surface area contributed by atoms with Gasteiger partial charge in [0, 0.05) is 49.8 Å². The Kier molecular flexibility index (Phi) is 6.44. The minimum atomic E-state index is -0.246. The molecule has 1 aromatic heterocycles. The fourth-order valence-corrected chi connectivity index (χ4v) is 5.23. The van der Waals surface area contributed by atoms with Gasteiger partial charge in [-0.25, -0.2) is 4.98 Å². The Morgan fingerprint density at radius 1 is 1.00 bits per heavy atom. The number of likely N-dealkylation sites (N-methyl/N-ethyl adjacent to an activating group) is 1. The third kappa shape index (κ3) is 4.56. The summed E-state index contributed by atoms with van der Waals surface area (Å²) in [5.74, 6) is 0.725. The van der Waals surface area contributed by atoms with Crippen LogP contribution in [-0.2, 0) is 0 Å². The van der Waals surface area contributed by atoms with E-state index in [1.807, 2.05) is 24.1 Å². The summed E-state index contributed by atoms with van der Waals surface area (Å²) in [6.45, 7) is 7.81. The van der Waals surface area contributed by atoms with Crippen LogP contribution < -0.4 is 20.0 Å². The first-order valence-corrected chi connectivity index (χ1v) is 12.6. The van der Waals surface area contributed by atoms with E-state index < -0.39 is 0 Å². The highest BCUT2D eigenvalue weighted by atomic mass is 35.5. The fraction of sp³-hybridized carbons (Fsp3) is 0.346. The quantitative estimate of drug-likeness (QED) is 0.507. The lowest BCUT2D eigenvalue weighted by molar-refractivity contribution is 0.0982. The van der Waals surface area contributed by atoms with E-state index in [1.165, 1.54) is 5.69 Å². The number of nitrogens with zero attached hydrogens (tertiary/aromatic N) is 6. The summed E-state index contributed by atoms with van der Waals surface area (Å²) >= 11 is 12.7. The van der Waals surface area contributed by atoms with Crippen molar-refractivity contribution in [1.29, 1.82) is 0 Å². The number of anilines is 5. The second kappa shape index (κ2) is 9.42. The topological polar surface area (TPSA) is 67.8 Å². The Balaban J connectivity index is 1.33. The summed E-state index contributed by atoms with van der Waals surface area (Å²) in [5.41, 5.74) is 3.06. The Bertz CT molecular complexity index is 1280. The van der Waals surface area contributed by atoms with E-state index in [1.54, 1.807) is 29.3 Å².